The molecule has 0 atom stereocenters. The van der Waals surface area contributed by atoms with Crippen molar-refractivity contribution >= 4 is 12.1 Å². The molecule has 0 aliphatic heterocycles. The Morgan fingerprint density at radius 1 is 0.833 bits per heavy atom. The molecule has 0 aromatic heterocycles. The van der Waals surface area contributed by atoms with Crippen LogP contribution in [-0.2, 0) is 0 Å². The minimum Gasteiger partial charge on any atom is -0.267 e. The number of amides is 1. The van der Waals surface area contributed by atoms with E-state index < -0.39 is 0 Å². The minimum atomic E-state index is -0.203. The Balaban J connectivity index is 1.65. The maximum Gasteiger partial charge on any atom is 0.271 e. The predicted octanol–water partition coefficient (Wildman–Crippen LogP) is 4.43. The number of aryl methyl sites for hydroxylation is 1. The Morgan fingerprint density at radius 3 is 2.17 bits per heavy atom. The van der Waals surface area contributed by atoms with E-state index in [9.17, 15) is 4.79 Å². The number of rotatable bonds is 4. The standard InChI is InChI=1S/C21H18N2O/c1-16-7-5-6-10-20(16)21(24)23-22-15-17-11-13-19(14-12-17)18-8-3-2-4-9-18/h2-15H,1H3,(H,23,24). The van der Waals surface area contributed by atoms with Gasteiger partial charge in [0.2, 0.25) is 0 Å². The molecular formula is C21H18N2O. The molecule has 0 saturated heterocycles. The van der Waals surface area contributed by atoms with Crippen LogP contribution < -0.4 is 5.43 Å². The summed E-state index contributed by atoms with van der Waals surface area (Å²) in [6.45, 7) is 1.90. The van der Waals surface area contributed by atoms with Crippen molar-refractivity contribution in [3.63, 3.8) is 0 Å². The minimum absolute atomic E-state index is 0.203. The zero-order valence-corrected chi connectivity index (χ0v) is 13.4. The molecule has 3 aromatic carbocycles. The van der Waals surface area contributed by atoms with E-state index in [1.807, 2.05) is 67.6 Å². The highest BCUT2D eigenvalue weighted by Gasteiger charge is 2.06. The number of hydrogen-bond acceptors (Lipinski definition) is 2. The van der Waals surface area contributed by atoms with E-state index >= 15 is 0 Å². The second-order valence-electron chi connectivity index (χ2n) is 5.50. The zero-order valence-electron chi connectivity index (χ0n) is 13.4. The molecule has 3 rings (SSSR count). The summed E-state index contributed by atoms with van der Waals surface area (Å²) in [4.78, 5) is 12.1. The molecule has 1 amide bonds. The molecule has 24 heavy (non-hydrogen) atoms. The number of hydrogen-bond donors (Lipinski definition) is 1. The lowest BCUT2D eigenvalue weighted by Crippen LogP contribution is -2.18. The fourth-order valence-electron chi connectivity index (χ4n) is 2.45. The van der Waals surface area contributed by atoms with Crippen molar-refractivity contribution in [2.24, 2.45) is 5.10 Å². The van der Waals surface area contributed by atoms with Gasteiger partial charge in [0.1, 0.15) is 0 Å². The third-order valence-corrected chi connectivity index (χ3v) is 3.79. The molecule has 0 saturated carbocycles. The first-order valence-electron chi connectivity index (χ1n) is 7.78. The van der Waals surface area contributed by atoms with Crippen LogP contribution in [0.2, 0.25) is 0 Å². The van der Waals surface area contributed by atoms with Gasteiger partial charge in [-0.3, -0.25) is 4.79 Å². The molecule has 0 aliphatic carbocycles. The normalized spacial score (nSPS) is 10.7. The van der Waals surface area contributed by atoms with Crippen LogP contribution in [-0.4, -0.2) is 12.1 Å². The third kappa shape index (κ3) is 3.76. The van der Waals surface area contributed by atoms with Crippen molar-refractivity contribution in [3.8, 4) is 11.1 Å². The molecule has 3 aromatic rings. The van der Waals surface area contributed by atoms with Crippen molar-refractivity contribution in [2.45, 2.75) is 6.92 Å². The van der Waals surface area contributed by atoms with Crippen LogP contribution in [0.4, 0.5) is 0 Å². The van der Waals surface area contributed by atoms with Gasteiger partial charge in [0.05, 0.1) is 6.21 Å². The maximum atomic E-state index is 12.1. The van der Waals surface area contributed by atoms with Gasteiger partial charge in [0.15, 0.2) is 0 Å². The summed E-state index contributed by atoms with van der Waals surface area (Å²) in [7, 11) is 0. The number of carbonyl (C=O) groups is 1. The molecule has 0 radical (unpaired) electrons. The molecule has 118 valence electrons. The summed E-state index contributed by atoms with van der Waals surface area (Å²) in [5.41, 5.74) is 7.38. The van der Waals surface area contributed by atoms with Gasteiger partial charge in [-0.05, 0) is 35.2 Å². The third-order valence-electron chi connectivity index (χ3n) is 3.79. The topological polar surface area (TPSA) is 41.5 Å². The smallest absolute Gasteiger partial charge is 0.267 e. The molecule has 0 fully saturated rings. The summed E-state index contributed by atoms with van der Waals surface area (Å²) >= 11 is 0. The summed E-state index contributed by atoms with van der Waals surface area (Å²) in [5.74, 6) is -0.203. The highest BCUT2D eigenvalue weighted by Crippen LogP contribution is 2.18. The van der Waals surface area contributed by atoms with E-state index in [0.717, 1.165) is 16.7 Å². The van der Waals surface area contributed by atoms with Crippen LogP contribution in [0, 0.1) is 6.92 Å². The monoisotopic (exact) mass is 314 g/mol. The largest absolute Gasteiger partial charge is 0.271 e. The van der Waals surface area contributed by atoms with E-state index in [0.29, 0.717) is 5.56 Å². The van der Waals surface area contributed by atoms with Gasteiger partial charge in [-0.2, -0.15) is 5.10 Å². The molecule has 0 unspecified atom stereocenters. The first-order valence-corrected chi connectivity index (χ1v) is 7.78. The fraction of sp³-hybridized carbons (Fsp3) is 0.0476. The molecule has 0 heterocycles. The van der Waals surface area contributed by atoms with Gasteiger partial charge in [-0.15, -0.1) is 0 Å². The average molecular weight is 314 g/mol. The van der Waals surface area contributed by atoms with Crippen LogP contribution in [0.15, 0.2) is 84.0 Å². The fourth-order valence-corrected chi connectivity index (χ4v) is 2.45. The summed E-state index contributed by atoms with van der Waals surface area (Å²) in [6.07, 6.45) is 1.64. The lowest BCUT2D eigenvalue weighted by atomic mass is 10.0. The van der Waals surface area contributed by atoms with Gasteiger partial charge in [0, 0.05) is 5.56 Å². The van der Waals surface area contributed by atoms with Crippen molar-refractivity contribution in [2.75, 3.05) is 0 Å². The quantitative estimate of drug-likeness (QED) is 0.562. The van der Waals surface area contributed by atoms with E-state index in [-0.39, 0.29) is 5.91 Å². The Kier molecular flexibility index (Phi) is 4.82. The van der Waals surface area contributed by atoms with E-state index in [1.54, 1.807) is 12.3 Å². The number of benzene rings is 3. The summed E-state index contributed by atoms with van der Waals surface area (Å²) in [5, 5.41) is 4.04. The van der Waals surface area contributed by atoms with Crippen molar-refractivity contribution in [3.05, 3.63) is 95.6 Å². The highest BCUT2D eigenvalue weighted by molar-refractivity contribution is 5.96. The lowest BCUT2D eigenvalue weighted by molar-refractivity contribution is 0.0954. The Hall–Kier alpha value is -3.20. The molecule has 3 heteroatoms. The number of nitrogens with zero attached hydrogens (tertiary/aromatic N) is 1. The predicted molar refractivity (Wildman–Crippen MR) is 98.1 cm³/mol. The van der Waals surface area contributed by atoms with E-state index in [1.165, 1.54) is 5.56 Å². The van der Waals surface area contributed by atoms with Crippen LogP contribution >= 0.6 is 0 Å². The van der Waals surface area contributed by atoms with Crippen molar-refractivity contribution < 1.29 is 4.79 Å². The van der Waals surface area contributed by atoms with Gasteiger partial charge < -0.3 is 0 Å². The second kappa shape index (κ2) is 7.38. The van der Waals surface area contributed by atoms with E-state index in [4.69, 9.17) is 0 Å². The molecular weight excluding hydrogens is 296 g/mol. The van der Waals surface area contributed by atoms with Crippen LogP contribution in [0.3, 0.4) is 0 Å². The zero-order chi connectivity index (χ0) is 16.8. The number of carbonyl (C=O) groups excluding carboxylic acids is 1. The molecule has 0 spiro atoms. The Labute approximate surface area is 141 Å². The van der Waals surface area contributed by atoms with Gasteiger partial charge in [-0.1, -0.05) is 72.8 Å². The van der Waals surface area contributed by atoms with Crippen LogP contribution in [0.25, 0.3) is 11.1 Å². The van der Waals surface area contributed by atoms with Crippen LogP contribution in [0.5, 0.6) is 0 Å². The molecule has 3 nitrogen and oxygen atoms in total. The first-order chi connectivity index (χ1) is 11.7. The number of hydrazone groups is 1. The van der Waals surface area contributed by atoms with Gasteiger partial charge >= 0.3 is 0 Å². The van der Waals surface area contributed by atoms with E-state index in [2.05, 4.69) is 22.7 Å². The molecule has 1 N–H and O–H groups in total. The average Bonchev–Trinajstić information content (AvgIpc) is 2.63. The maximum absolute atomic E-state index is 12.1. The lowest BCUT2D eigenvalue weighted by Gasteiger charge is -2.03. The van der Waals surface area contributed by atoms with Crippen molar-refractivity contribution in [1.29, 1.82) is 0 Å². The SMILES string of the molecule is Cc1ccccc1C(=O)NN=Cc1ccc(-c2ccccc2)cc1. The van der Waals surface area contributed by atoms with Crippen LogP contribution in [0.1, 0.15) is 21.5 Å². The molecule has 0 aliphatic rings. The Morgan fingerprint density at radius 2 is 1.46 bits per heavy atom. The van der Waals surface area contributed by atoms with Crippen molar-refractivity contribution in [1.82, 2.24) is 5.43 Å². The summed E-state index contributed by atoms with van der Waals surface area (Å²) < 4.78 is 0. The second-order valence-corrected chi connectivity index (χ2v) is 5.50. The molecule has 0 bridgehead atoms. The highest BCUT2D eigenvalue weighted by atomic mass is 16.2. The van der Waals surface area contributed by atoms with Gasteiger partial charge in [0.25, 0.3) is 5.91 Å². The first kappa shape index (κ1) is 15.7. The summed E-state index contributed by atoms with van der Waals surface area (Å²) in [6, 6.07) is 25.7. The Bertz CT molecular complexity index is 853. The number of nitrogens with one attached hydrogen (secondary N) is 1. The van der Waals surface area contributed by atoms with Gasteiger partial charge in [-0.25, -0.2) is 5.43 Å².